The summed E-state index contributed by atoms with van der Waals surface area (Å²) in [5.41, 5.74) is 1.47. The summed E-state index contributed by atoms with van der Waals surface area (Å²) >= 11 is 5.94. The summed E-state index contributed by atoms with van der Waals surface area (Å²) < 4.78 is 1.66. The van der Waals surface area contributed by atoms with Gasteiger partial charge >= 0.3 is 0 Å². The SMILES string of the molecule is CCc1nn(C)cc1C(=O)NCC(Cl)CC. The van der Waals surface area contributed by atoms with Crippen molar-refractivity contribution in [3.05, 3.63) is 17.5 Å². The zero-order valence-corrected chi connectivity index (χ0v) is 10.7. The molecule has 0 radical (unpaired) electrons. The average molecular weight is 244 g/mol. The van der Waals surface area contributed by atoms with Crippen molar-refractivity contribution in [2.45, 2.75) is 32.1 Å². The van der Waals surface area contributed by atoms with Crippen LogP contribution >= 0.6 is 11.6 Å². The van der Waals surface area contributed by atoms with E-state index in [0.29, 0.717) is 12.1 Å². The zero-order chi connectivity index (χ0) is 12.1. The number of carbonyl (C=O) groups excluding carboxylic acids is 1. The lowest BCUT2D eigenvalue weighted by Gasteiger charge is -2.07. The van der Waals surface area contributed by atoms with E-state index in [9.17, 15) is 4.79 Å². The molecule has 1 N–H and O–H groups in total. The first-order valence-electron chi connectivity index (χ1n) is 5.53. The van der Waals surface area contributed by atoms with Gasteiger partial charge in [-0.1, -0.05) is 13.8 Å². The quantitative estimate of drug-likeness (QED) is 0.801. The van der Waals surface area contributed by atoms with E-state index in [2.05, 4.69) is 10.4 Å². The van der Waals surface area contributed by atoms with Gasteiger partial charge in [0, 0.05) is 19.8 Å². The number of halogens is 1. The van der Waals surface area contributed by atoms with E-state index in [-0.39, 0.29) is 11.3 Å². The number of amides is 1. The van der Waals surface area contributed by atoms with Crippen molar-refractivity contribution in [2.24, 2.45) is 7.05 Å². The van der Waals surface area contributed by atoms with Gasteiger partial charge in [0.25, 0.3) is 5.91 Å². The fraction of sp³-hybridized carbons (Fsp3) is 0.636. The Kier molecular flexibility index (Phi) is 4.80. The predicted octanol–water partition coefficient (Wildman–Crippen LogP) is 1.73. The first-order valence-corrected chi connectivity index (χ1v) is 5.96. The largest absolute Gasteiger partial charge is 0.350 e. The van der Waals surface area contributed by atoms with Crippen LogP contribution in [-0.2, 0) is 13.5 Å². The van der Waals surface area contributed by atoms with Gasteiger partial charge in [-0.15, -0.1) is 11.6 Å². The minimum absolute atomic E-state index is 0.00861. The summed E-state index contributed by atoms with van der Waals surface area (Å²) in [7, 11) is 1.81. The Balaban J connectivity index is 2.65. The Bertz CT molecular complexity index is 362. The minimum Gasteiger partial charge on any atom is -0.350 e. The van der Waals surface area contributed by atoms with Crippen molar-refractivity contribution < 1.29 is 4.79 Å². The Hall–Kier alpha value is -1.03. The molecule has 5 heteroatoms. The van der Waals surface area contributed by atoms with E-state index in [4.69, 9.17) is 11.6 Å². The molecule has 90 valence electrons. The lowest BCUT2D eigenvalue weighted by molar-refractivity contribution is 0.0952. The Morgan fingerprint density at radius 3 is 2.88 bits per heavy atom. The maximum Gasteiger partial charge on any atom is 0.254 e. The molecule has 0 aliphatic rings. The van der Waals surface area contributed by atoms with Crippen LogP contribution in [0.4, 0.5) is 0 Å². The highest BCUT2D eigenvalue weighted by Gasteiger charge is 2.14. The Morgan fingerprint density at radius 2 is 2.31 bits per heavy atom. The predicted molar refractivity (Wildman–Crippen MR) is 64.9 cm³/mol. The number of nitrogens with zero attached hydrogens (tertiary/aromatic N) is 2. The molecular weight excluding hydrogens is 226 g/mol. The summed E-state index contributed by atoms with van der Waals surface area (Å²) in [4.78, 5) is 11.8. The van der Waals surface area contributed by atoms with Gasteiger partial charge in [0.2, 0.25) is 0 Å². The molecule has 16 heavy (non-hydrogen) atoms. The lowest BCUT2D eigenvalue weighted by atomic mass is 10.2. The molecule has 0 aromatic carbocycles. The molecule has 0 saturated carbocycles. The number of aromatic nitrogens is 2. The van der Waals surface area contributed by atoms with E-state index in [1.54, 1.807) is 10.9 Å². The number of rotatable bonds is 5. The molecule has 0 saturated heterocycles. The molecule has 1 amide bonds. The van der Waals surface area contributed by atoms with Gasteiger partial charge in [-0.05, 0) is 12.8 Å². The van der Waals surface area contributed by atoms with Crippen LogP contribution in [0.25, 0.3) is 0 Å². The molecule has 4 nitrogen and oxygen atoms in total. The topological polar surface area (TPSA) is 46.9 Å². The second-order valence-electron chi connectivity index (χ2n) is 3.73. The fourth-order valence-electron chi connectivity index (χ4n) is 1.43. The molecule has 0 aliphatic heterocycles. The summed E-state index contributed by atoms with van der Waals surface area (Å²) in [6, 6.07) is 0. The number of alkyl halides is 1. The van der Waals surface area contributed by atoms with E-state index >= 15 is 0 Å². The van der Waals surface area contributed by atoms with Gasteiger partial charge in [0.1, 0.15) is 0 Å². The van der Waals surface area contributed by atoms with Crippen LogP contribution in [0.2, 0.25) is 0 Å². The van der Waals surface area contributed by atoms with Crippen LogP contribution in [0.15, 0.2) is 6.20 Å². The van der Waals surface area contributed by atoms with Crippen molar-refractivity contribution in [1.29, 1.82) is 0 Å². The molecule has 1 heterocycles. The third kappa shape index (κ3) is 3.23. The fourth-order valence-corrected chi connectivity index (χ4v) is 1.51. The third-order valence-corrected chi connectivity index (χ3v) is 2.87. The van der Waals surface area contributed by atoms with Crippen LogP contribution in [0.5, 0.6) is 0 Å². The standard InChI is InChI=1S/C11H18ClN3O/c1-4-8(12)6-13-11(16)9-7-15(3)14-10(9)5-2/h7-8H,4-6H2,1-3H3,(H,13,16). The minimum atomic E-state index is -0.0935. The van der Waals surface area contributed by atoms with Crippen molar-refractivity contribution in [2.75, 3.05) is 6.54 Å². The maximum atomic E-state index is 11.8. The molecule has 0 bridgehead atoms. The Labute approximate surface area is 101 Å². The molecule has 1 aromatic rings. The second-order valence-corrected chi connectivity index (χ2v) is 4.35. The molecule has 0 aliphatic carbocycles. The van der Waals surface area contributed by atoms with Crippen molar-refractivity contribution in [3.63, 3.8) is 0 Å². The average Bonchev–Trinajstić information content (AvgIpc) is 2.66. The van der Waals surface area contributed by atoms with Gasteiger partial charge in [-0.2, -0.15) is 5.10 Å². The summed E-state index contributed by atoms with van der Waals surface area (Å²) in [5, 5.41) is 7.03. The first-order chi connectivity index (χ1) is 7.58. The van der Waals surface area contributed by atoms with Gasteiger partial charge in [-0.25, -0.2) is 0 Å². The first kappa shape index (κ1) is 13.0. The highest BCUT2D eigenvalue weighted by atomic mass is 35.5. The van der Waals surface area contributed by atoms with Gasteiger partial charge < -0.3 is 5.32 Å². The lowest BCUT2D eigenvalue weighted by Crippen LogP contribution is -2.29. The highest BCUT2D eigenvalue weighted by Crippen LogP contribution is 2.07. The smallest absolute Gasteiger partial charge is 0.254 e. The van der Waals surface area contributed by atoms with E-state index in [0.717, 1.165) is 18.5 Å². The van der Waals surface area contributed by atoms with Gasteiger partial charge in [0.15, 0.2) is 0 Å². The van der Waals surface area contributed by atoms with Gasteiger partial charge in [0.05, 0.1) is 16.6 Å². The maximum absolute atomic E-state index is 11.8. The normalized spacial score (nSPS) is 12.5. The van der Waals surface area contributed by atoms with Gasteiger partial charge in [-0.3, -0.25) is 9.48 Å². The monoisotopic (exact) mass is 243 g/mol. The van der Waals surface area contributed by atoms with Crippen LogP contribution in [0.1, 0.15) is 36.3 Å². The van der Waals surface area contributed by atoms with E-state index in [1.807, 2.05) is 20.9 Å². The molecule has 0 spiro atoms. The van der Waals surface area contributed by atoms with Crippen LogP contribution in [0.3, 0.4) is 0 Å². The third-order valence-electron chi connectivity index (χ3n) is 2.41. The molecular formula is C11H18ClN3O. The van der Waals surface area contributed by atoms with E-state index < -0.39 is 0 Å². The van der Waals surface area contributed by atoms with Crippen molar-refractivity contribution in [3.8, 4) is 0 Å². The highest BCUT2D eigenvalue weighted by molar-refractivity contribution is 6.20. The van der Waals surface area contributed by atoms with Crippen LogP contribution < -0.4 is 5.32 Å². The summed E-state index contributed by atoms with van der Waals surface area (Å²) in [6.45, 7) is 4.47. The summed E-state index contributed by atoms with van der Waals surface area (Å²) in [5.74, 6) is -0.0935. The van der Waals surface area contributed by atoms with Crippen molar-refractivity contribution >= 4 is 17.5 Å². The number of hydrogen-bond acceptors (Lipinski definition) is 2. The van der Waals surface area contributed by atoms with E-state index in [1.165, 1.54) is 0 Å². The molecule has 1 atom stereocenters. The van der Waals surface area contributed by atoms with Crippen molar-refractivity contribution in [1.82, 2.24) is 15.1 Å². The number of aryl methyl sites for hydroxylation is 2. The molecule has 1 aromatic heterocycles. The second kappa shape index (κ2) is 5.89. The zero-order valence-electron chi connectivity index (χ0n) is 9.96. The summed E-state index contributed by atoms with van der Waals surface area (Å²) in [6.07, 6.45) is 3.33. The molecule has 1 unspecified atom stereocenters. The van der Waals surface area contributed by atoms with Crippen LogP contribution in [-0.4, -0.2) is 27.6 Å². The molecule has 0 fully saturated rings. The number of hydrogen-bond donors (Lipinski definition) is 1. The number of nitrogens with one attached hydrogen (secondary N) is 1. The Morgan fingerprint density at radius 1 is 1.62 bits per heavy atom. The molecule has 1 rings (SSSR count). The van der Waals surface area contributed by atoms with Crippen LogP contribution in [0, 0.1) is 0 Å². The number of carbonyl (C=O) groups is 1.